The third-order valence-electron chi connectivity index (χ3n) is 4.96. The third kappa shape index (κ3) is 3.53. The maximum Gasteiger partial charge on any atom is 0.300 e. The van der Waals surface area contributed by atoms with Gasteiger partial charge in [-0.3, -0.25) is 19.5 Å². The van der Waals surface area contributed by atoms with Gasteiger partial charge in [-0.15, -0.1) is 0 Å². The molecular formula is C23H16BrClN2O3. The highest BCUT2D eigenvalue weighted by atomic mass is 79.9. The molecule has 0 aliphatic carbocycles. The number of anilines is 1. The first-order chi connectivity index (χ1) is 14.4. The first-order valence-electron chi connectivity index (χ1n) is 9.12. The van der Waals surface area contributed by atoms with Gasteiger partial charge in [-0.2, -0.15) is 0 Å². The van der Waals surface area contributed by atoms with Crippen LogP contribution in [0.1, 0.15) is 22.9 Å². The van der Waals surface area contributed by atoms with Crippen LogP contribution in [0.5, 0.6) is 0 Å². The maximum atomic E-state index is 13.0. The summed E-state index contributed by atoms with van der Waals surface area (Å²) in [5, 5.41) is 11.5. The molecule has 1 aliphatic rings. The fourth-order valence-electron chi connectivity index (χ4n) is 3.41. The van der Waals surface area contributed by atoms with Crippen molar-refractivity contribution in [2.24, 2.45) is 0 Å². The molecule has 5 nitrogen and oxygen atoms in total. The van der Waals surface area contributed by atoms with Crippen LogP contribution >= 0.6 is 27.5 Å². The minimum absolute atomic E-state index is 0.0160. The largest absolute Gasteiger partial charge is 0.507 e. The first kappa shape index (κ1) is 20.3. The quantitative estimate of drug-likeness (QED) is 0.306. The SMILES string of the molecule is Cc1ccc(N2C(=O)C(=O)/C(=C(/O)c3ccc(Br)cc3)C2c2ccccn2)cc1Cl. The molecule has 150 valence electrons. The van der Waals surface area contributed by atoms with Crippen molar-refractivity contribution in [3.63, 3.8) is 0 Å². The second kappa shape index (κ2) is 8.05. The predicted octanol–water partition coefficient (Wildman–Crippen LogP) is 5.43. The van der Waals surface area contributed by atoms with E-state index in [1.165, 1.54) is 4.90 Å². The van der Waals surface area contributed by atoms with E-state index in [-0.39, 0.29) is 11.3 Å². The minimum Gasteiger partial charge on any atom is -0.507 e. The Morgan fingerprint density at radius 2 is 1.83 bits per heavy atom. The van der Waals surface area contributed by atoms with Crippen molar-refractivity contribution >= 4 is 50.7 Å². The van der Waals surface area contributed by atoms with Crippen LogP contribution in [0.25, 0.3) is 5.76 Å². The Kier molecular flexibility index (Phi) is 5.45. The number of carbonyl (C=O) groups is 2. The van der Waals surface area contributed by atoms with E-state index in [1.807, 2.05) is 6.92 Å². The van der Waals surface area contributed by atoms with Gasteiger partial charge in [-0.1, -0.05) is 51.8 Å². The Balaban J connectivity index is 1.94. The number of aliphatic hydroxyl groups excluding tert-OH is 1. The second-order valence-electron chi connectivity index (χ2n) is 6.86. The lowest BCUT2D eigenvalue weighted by atomic mass is 9.98. The standard InChI is InChI=1S/C23H16BrClN2O3/c1-13-5-10-16(12-17(13)25)27-20(18-4-2-3-11-26-18)19(22(29)23(27)30)21(28)14-6-8-15(24)9-7-14/h2-12,20,28H,1H3/b21-19+. The molecule has 1 saturated heterocycles. The van der Waals surface area contributed by atoms with Crippen LogP contribution in [0, 0.1) is 6.92 Å². The molecule has 4 rings (SSSR count). The molecule has 1 aliphatic heterocycles. The highest BCUT2D eigenvalue weighted by Gasteiger charge is 2.47. The van der Waals surface area contributed by atoms with E-state index in [4.69, 9.17) is 11.6 Å². The number of aromatic nitrogens is 1. The van der Waals surface area contributed by atoms with Crippen LogP contribution in [0.15, 0.2) is 76.9 Å². The van der Waals surface area contributed by atoms with Gasteiger partial charge in [-0.05, 0) is 48.9 Å². The monoisotopic (exact) mass is 482 g/mol. The summed E-state index contributed by atoms with van der Waals surface area (Å²) in [5.74, 6) is -1.77. The van der Waals surface area contributed by atoms with Gasteiger partial charge in [0.15, 0.2) is 0 Å². The maximum absolute atomic E-state index is 13.0. The van der Waals surface area contributed by atoms with Gasteiger partial charge in [-0.25, -0.2) is 0 Å². The molecule has 1 amide bonds. The van der Waals surface area contributed by atoms with E-state index < -0.39 is 17.7 Å². The summed E-state index contributed by atoms with van der Waals surface area (Å²) in [7, 11) is 0. The van der Waals surface area contributed by atoms with Gasteiger partial charge in [0.25, 0.3) is 11.7 Å². The molecule has 30 heavy (non-hydrogen) atoms. The summed E-state index contributed by atoms with van der Waals surface area (Å²) < 4.78 is 0.829. The third-order valence-corrected chi connectivity index (χ3v) is 5.90. The number of nitrogens with zero attached hydrogens (tertiary/aromatic N) is 2. The first-order valence-corrected chi connectivity index (χ1v) is 10.3. The molecule has 7 heteroatoms. The van der Waals surface area contributed by atoms with Gasteiger partial charge in [0.05, 0.1) is 11.3 Å². The summed E-state index contributed by atoms with van der Waals surface area (Å²) >= 11 is 9.63. The number of rotatable bonds is 3. The highest BCUT2D eigenvalue weighted by Crippen LogP contribution is 2.42. The van der Waals surface area contributed by atoms with E-state index in [0.717, 1.165) is 10.0 Å². The lowest BCUT2D eigenvalue weighted by Gasteiger charge is -2.25. The van der Waals surface area contributed by atoms with Gasteiger partial charge in [0.1, 0.15) is 11.8 Å². The van der Waals surface area contributed by atoms with Crippen molar-refractivity contribution in [3.05, 3.63) is 98.7 Å². The van der Waals surface area contributed by atoms with Gasteiger partial charge in [0.2, 0.25) is 0 Å². The summed E-state index contributed by atoms with van der Waals surface area (Å²) in [6.45, 7) is 1.85. The Hall–Kier alpha value is -2.96. The highest BCUT2D eigenvalue weighted by molar-refractivity contribution is 9.10. The molecule has 1 fully saturated rings. The zero-order valence-corrected chi connectivity index (χ0v) is 18.2. The van der Waals surface area contributed by atoms with Crippen LogP contribution in [0.2, 0.25) is 5.02 Å². The molecule has 1 atom stereocenters. The molecule has 1 N–H and O–H groups in total. The number of carbonyl (C=O) groups excluding carboxylic acids is 2. The molecular weight excluding hydrogens is 468 g/mol. The van der Waals surface area contributed by atoms with Gasteiger partial charge < -0.3 is 5.11 Å². The molecule has 1 unspecified atom stereocenters. The van der Waals surface area contributed by atoms with Crippen molar-refractivity contribution in [1.29, 1.82) is 0 Å². The molecule has 1 aromatic heterocycles. The number of amides is 1. The van der Waals surface area contributed by atoms with Crippen molar-refractivity contribution in [2.75, 3.05) is 4.90 Å². The van der Waals surface area contributed by atoms with Crippen molar-refractivity contribution < 1.29 is 14.7 Å². The molecule has 2 aromatic carbocycles. The zero-order chi connectivity index (χ0) is 21.4. The summed E-state index contributed by atoms with van der Waals surface area (Å²) in [5.41, 5.74) is 2.18. The molecule has 3 aromatic rings. The number of hydrogen-bond donors (Lipinski definition) is 1. The fourth-order valence-corrected chi connectivity index (χ4v) is 3.85. The number of pyridine rings is 1. The van der Waals surface area contributed by atoms with Crippen LogP contribution in [-0.2, 0) is 9.59 Å². The topological polar surface area (TPSA) is 70.5 Å². The summed E-state index contributed by atoms with van der Waals surface area (Å²) in [4.78, 5) is 31.8. The van der Waals surface area contributed by atoms with E-state index in [0.29, 0.717) is 22.0 Å². The Morgan fingerprint density at radius 1 is 1.10 bits per heavy atom. The van der Waals surface area contributed by atoms with Gasteiger partial charge >= 0.3 is 0 Å². The average molecular weight is 484 g/mol. The smallest absolute Gasteiger partial charge is 0.300 e. The Bertz CT molecular complexity index is 1180. The lowest BCUT2D eigenvalue weighted by Crippen LogP contribution is -2.29. The van der Waals surface area contributed by atoms with Crippen LogP contribution in [0.4, 0.5) is 5.69 Å². The minimum atomic E-state index is -0.881. The van der Waals surface area contributed by atoms with E-state index in [2.05, 4.69) is 20.9 Å². The molecule has 0 bridgehead atoms. The number of benzene rings is 2. The second-order valence-corrected chi connectivity index (χ2v) is 8.19. The zero-order valence-electron chi connectivity index (χ0n) is 15.8. The average Bonchev–Trinajstić information content (AvgIpc) is 3.01. The predicted molar refractivity (Wildman–Crippen MR) is 119 cm³/mol. The lowest BCUT2D eigenvalue weighted by molar-refractivity contribution is -0.132. The normalized spacial score (nSPS) is 18.1. The number of Topliss-reactive ketones (excluding diaryl/α,β-unsaturated/α-hetero) is 1. The number of halogens is 2. The van der Waals surface area contributed by atoms with Crippen molar-refractivity contribution in [3.8, 4) is 0 Å². The van der Waals surface area contributed by atoms with Crippen molar-refractivity contribution in [2.45, 2.75) is 13.0 Å². The number of aryl methyl sites for hydroxylation is 1. The van der Waals surface area contributed by atoms with Crippen LogP contribution in [0.3, 0.4) is 0 Å². The fraction of sp³-hybridized carbons (Fsp3) is 0.0870. The molecule has 0 saturated carbocycles. The van der Waals surface area contributed by atoms with E-state index in [9.17, 15) is 14.7 Å². The summed E-state index contributed by atoms with van der Waals surface area (Å²) in [6.07, 6.45) is 1.58. The Morgan fingerprint density at radius 3 is 2.47 bits per heavy atom. The van der Waals surface area contributed by atoms with Crippen LogP contribution < -0.4 is 4.90 Å². The van der Waals surface area contributed by atoms with Crippen molar-refractivity contribution in [1.82, 2.24) is 4.98 Å². The molecule has 0 radical (unpaired) electrons. The molecule has 2 heterocycles. The van der Waals surface area contributed by atoms with Crippen LogP contribution in [-0.4, -0.2) is 21.8 Å². The van der Waals surface area contributed by atoms with Gasteiger partial charge in [0, 0.05) is 26.9 Å². The Labute approximate surface area is 186 Å². The number of hydrogen-bond acceptors (Lipinski definition) is 4. The van der Waals surface area contributed by atoms with E-state index in [1.54, 1.807) is 66.9 Å². The molecule has 0 spiro atoms. The summed E-state index contributed by atoms with van der Waals surface area (Å²) in [6, 6.07) is 16.3. The number of aliphatic hydroxyl groups is 1. The van der Waals surface area contributed by atoms with E-state index >= 15 is 0 Å². The number of ketones is 1.